The summed E-state index contributed by atoms with van der Waals surface area (Å²) in [6.45, 7) is -2.41. The maximum Gasteiger partial charge on any atom is 0.333 e. The van der Waals surface area contributed by atoms with Crippen LogP contribution in [-0.2, 0) is 10.0 Å². The van der Waals surface area contributed by atoms with Crippen molar-refractivity contribution in [1.82, 2.24) is 19.0 Å². The Hall–Kier alpha value is -2.04. The number of alkyl halides is 2. The number of carbonyl (C=O) groups is 1. The monoisotopic (exact) mass is 404 g/mol. The Morgan fingerprint density at radius 2 is 1.88 bits per heavy atom. The van der Waals surface area contributed by atoms with Gasteiger partial charge in [0.1, 0.15) is 4.90 Å². The van der Waals surface area contributed by atoms with Crippen molar-refractivity contribution in [1.29, 1.82) is 0 Å². The van der Waals surface area contributed by atoms with Crippen molar-refractivity contribution in [3.05, 3.63) is 47.2 Å². The molecule has 11 heteroatoms. The van der Waals surface area contributed by atoms with E-state index in [-0.39, 0.29) is 41.7 Å². The molecular formula is C15H15ClF2N4O3S. The summed E-state index contributed by atoms with van der Waals surface area (Å²) >= 11 is 5.88. The van der Waals surface area contributed by atoms with Crippen LogP contribution in [0.25, 0.3) is 0 Å². The molecule has 7 nitrogen and oxygen atoms in total. The molecule has 1 aliphatic rings. The zero-order valence-corrected chi connectivity index (χ0v) is 15.0. The third-order valence-electron chi connectivity index (χ3n) is 4.01. The van der Waals surface area contributed by atoms with Gasteiger partial charge < -0.3 is 4.90 Å². The second kappa shape index (κ2) is 7.29. The van der Waals surface area contributed by atoms with Gasteiger partial charge in [0.15, 0.2) is 0 Å². The molecule has 2 heterocycles. The molecule has 26 heavy (non-hydrogen) atoms. The summed E-state index contributed by atoms with van der Waals surface area (Å²) in [5.41, 5.74) is 0.423. The second-order valence-corrected chi connectivity index (χ2v) is 8.01. The highest BCUT2D eigenvalue weighted by Crippen LogP contribution is 2.20. The molecular weight excluding hydrogens is 390 g/mol. The first-order chi connectivity index (χ1) is 12.3. The van der Waals surface area contributed by atoms with E-state index < -0.39 is 16.6 Å². The van der Waals surface area contributed by atoms with Gasteiger partial charge in [0, 0.05) is 36.8 Å². The predicted octanol–water partition coefficient (Wildman–Crippen LogP) is 2.08. The summed E-state index contributed by atoms with van der Waals surface area (Å²) < 4.78 is 51.6. The number of amides is 1. The van der Waals surface area contributed by atoms with Crippen LogP contribution < -0.4 is 0 Å². The van der Waals surface area contributed by atoms with E-state index in [0.29, 0.717) is 10.6 Å². The Kier molecular flexibility index (Phi) is 5.26. The lowest BCUT2D eigenvalue weighted by Gasteiger charge is -2.33. The molecule has 0 atom stereocenters. The van der Waals surface area contributed by atoms with E-state index in [0.717, 1.165) is 16.7 Å². The van der Waals surface area contributed by atoms with Crippen LogP contribution in [0.3, 0.4) is 0 Å². The lowest BCUT2D eigenvalue weighted by molar-refractivity contribution is 0.0563. The average Bonchev–Trinajstić information content (AvgIpc) is 3.12. The zero-order chi connectivity index (χ0) is 18.9. The summed E-state index contributed by atoms with van der Waals surface area (Å²) in [4.78, 5) is 13.7. The maximum atomic E-state index is 12.6. The molecule has 140 valence electrons. The van der Waals surface area contributed by atoms with Crippen LogP contribution in [-0.4, -0.2) is 59.5 Å². The van der Waals surface area contributed by atoms with E-state index in [1.165, 1.54) is 4.90 Å². The van der Waals surface area contributed by atoms with Crippen molar-refractivity contribution >= 4 is 27.5 Å². The quantitative estimate of drug-likeness (QED) is 0.781. The van der Waals surface area contributed by atoms with Gasteiger partial charge in [-0.25, -0.2) is 13.1 Å². The maximum absolute atomic E-state index is 12.6. The first-order valence-corrected chi connectivity index (χ1v) is 9.48. The van der Waals surface area contributed by atoms with Gasteiger partial charge in [-0.05, 0) is 18.2 Å². The van der Waals surface area contributed by atoms with Crippen LogP contribution in [0.4, 0.5) is 8.78 Å². The third kappa shape index (κ3) is 3.71. The van der Waals surface area contributed by atoms with Crippen LogP contribution in [0, 0.1) is 0 Å². The highest BCUT2D eigenvalue weighted by Gasteiger charge is 2.31. The van der Waals surface area contributed by atoms with Crippen molar-refractivity contribution in [2.75, 3.05) is 26.2 Å². The van der Waals surface area contributed by atoms with Crippen molar-refractivity contribution in [3.8, 4) is 0 Å². The molecule has 1 aromatic heterocycles. The molecule has 1 amide bonds. The number of nitrogens with zero attached hydrogens (tertiary/aromatic N) is 4. The lowest BCUT2D eigenvalue weighted by atomic mass is 10.2. The van der Waals surface area contributed by atoms with E-state index >= 15 is 0 Å². The molecule has 1 aliphatic heterocycles. The van der Waals surface area contributed by atoms with Crippen molar-refractivity contribution < 1.29 is 22.0 Å². The number of hydrogen-bond donors (Lipinski definition) is 0. The normalized spacial score (nSPS) is 16.2. The number of carbonyl (C=O) groups excluding carboxylic acids is 1. The van der Waals surface area contributed by atoms with Crippen molar-refractivity contribution in [3.63, 3.8) is 0 Å². The first-order valence-electron chi connectivity index (χ1n) is 7.66. The summed E-state index contributed by atoms with van der Waals surface area (Å²) in [6, 6.07) is 6.50. The molecule has 1 fully saturated rings. The fraction of sp³-hybridized carbons (Fsp3) is 0.333. The van der Waals surface area contributed by atoms with E-state index in [9.17, 15) is 22.0 Å². The van der Waals surface area contributed by atoms with Gasteiger partial charge in [0.25, 0.3) is 5.91 Å². The van der Waals surface area contributed by atoms with Gasteiger partial charge in [-0.1, -0.05) is 17.7 Å². The fourth-order valence-electron chi connectivity index (χ4n) is 2.65. The molecule has 1 saturated heterocycles. The Morgan fingerprint density at radius 3 is 2.46 bits per heavy atom. The molecule has 0 saturated carbocycles. The number of sulfonamides is 1. The van der Waals surface area contributed by atoms with Crippen LogP contribution in [0.1, 0.15) is 16.9 Å². The average molecular weight is 405 g/mol. The molecule has 2 aromatic rings. The van der Waals surface area contributed by atoms with E-state index in [4.69, 9.17) is 11.6 Å². The van der Waals surface area contributed by atoms with Crippen LogP contribution in [0.15, 0.2) is 41.6 Å². The number of rotatable bonds is 4. The van der Waals surface area contributed by atoms with Crippen LogP contribution in [0.5, 0.6) is 0 Å². The Morgan fingerprint density at radius 1 is 1.19 bits per heavy atom. The standard InChI is InChI=1S/C15H15ClF2N4O3S/c16-12-3-1-2-11(8-12)14(23)20-4-6-21(7-5-20)26(24,25)13-9-19-22(10-13)15(17)18/h1-3,8-10,15H,4-7H2. The molecule has 0 unspecified atom stereocenters. The summed E-state index contributed by atoms with van der Waals surface area (Å²) in [5, 5.41) is 3.79. The molecule has 3 rings (SSSR count). The molecule has 0 radical (unpaired) electrons. The highest BCUT2D eigenvalue weighted by atomic mass is 35.5. The minimum absolute atomic E-state index is 0.0640. The smallest absolute Gasteiger partial charge is 0.333 e. The van der Waals surface area contributed by atoms with Crippen molar-refractivity contribution in [2.24, 2.45) is 0 Å². The topological polar surface area (TPSA) is 75.5 Å². The third-order valence-corrected chi connectivity index (χ3v) is 6.10. The molecule has 0 N–H and O–H groups in total. The van der Waals surface area contributed by atoms with Gasteiger partial charge in [0.2, 0.25) is 10.0 Å². The number of hydrogen-bond acceptors (Lipinski definition) is 4. The minimum atomic E-state index is -3.94. The predicted molar refractivity (Wildman–Crippen MR) is 89.6 cm³/mol. The second-order valence-electron chi connectivity index (χ2n) is 5.64. The number of aromatic nitrogens is 2. The van der Waals surface area contributed by atoms with Gasteiger partial charge in [-0.15, -0.1) is 0 Å². The fourth-order valence-corrected chi connectivity index (χ4v) is 4.20. The largest absolute Gasteiger partial charge is 0.336 e. The van der Waals surface area contributed by atoms with Crippen molar-refractivity contribution in [2.45, 2.75) is 11.4 Å². The Labute approximate surface area is 153 Å². The highest BCUT2D eigenvalue weighted by molar-refractivity contribution is 7.89. The van der Waals surface area contributed by atoms with E-state index in [1.807, 2.05) is 0 Å². The molecule has 0 bridgehead atoms. The van der Waals surface area contributed by atoms with Gasteiger partial charge in [0.05, 0.1) is 12.4 Å². The number of piperazine rings is 1. The summed E-state index contributed by atoms with van der Waals surface area (Å²) in [5.74, 6) is -0.241. The first kappa shape index (κ1) is 18.7. The number of halogens is 3. The van der Waals surface area contributed by atoms with E-state index in [2.05, 4.69) is 5.10 Å². The van der Waals surface area contributed by atoms with Crippen LogP contribution >= 0.6 is 11.6 Å². The SMILES string of the molecule is O=C(c1cccc(Cl)c1)N1CCN(S(=O)(=O)c2cnn(C(F)F)c2)CC1. The minimum Gasteiger partial charge on any atom is -0.336 e. The molecule has 1 aromatic carbocycles. The van der Waals surface area contributed by atoms with Crippen LogP contribution in [0.2, 0.25) is 5.02 Å². The molecule has 0 spiro atoms. The van der Waals surface area contributed by atoms with Gasteiger partial charge >= 0.3 is 6.55 Å². The van der Waals surface area contributed by atoms with Gasteiger partial charge in [-0.2, -0.15) is 18.2 Å². The Bertz CT molecular complexity index is 911. The summed E-state index contributed by atoms with van der Waals surface area (Å²) in [6.07, 6.45) is 1.69. The Balaban J connectivity index is 1.68. The number of benzene rings is 1. The van der Waals surface area contributed by atoms with Gasteiger partial charge in [-0.3, -0.25) is 4.79 Å². The lowest BCUT2D eigenvalue weighted by Crippen LogP contribution is -2.50. The zero-order valence-electron chi connectivity index (χ0n) is 13.4. The molecule has 0 aliphatic carbocycles. The summed E-state index contributed by atoms with van der Waals surface area (Å²) in [7, 11) is -3.94. The van der Waals surface area contributed by atoms with E-state index in [1.54, 1.807) is 24.3 Å².